The van der Waals surface area contributed by atoms with Crippen molar-refractivity contribution in [2.45, 2.75) is 116 Å². The number of aliphatic hydroxyl groups is 1. The highest BCUT2D eigenvalue weighted by molar-refractivity contribution is 5.07. The third-order valence-electron chi connectivity index (χ3n) is 5.81. The van der Waals surface area contributed by atoms with E-state index in [1.54, 1.807) is 0 Å². The Hall–Kier alpha value is -0.0800. The maximum atomic E-state index is 10.5. The van der Waals surface area contributed by atoms with Crippen LogP contribution in [0.25, 0.3) is 0 Å². The molecule has 1 rings (SSSR count). The van der Waals surface area contributed by atoms with E-state index in [1.807, 2.05) is 0 Å². The molecule has 1 aliphatic rings. The largest absolute Gasteiger partial charge is 0.393 e. The van der Waals surface area contributed by atoms with Crippen LogP contribution in [0.1, 0.15) is 93.4 Å². The molecule has 1 saturated heterocycles. The first kappa shape index (κ1) is 18.0. The molecule has 0 saturated carbocycles. The first-order valence-electron chi connectivity index (χ1n) is 8.70. The number of hydrogen-bond donors (Lipinski definition) is 1. The fourth-order valence-corrected chi connectivity index (χ4v) is 4.88. The summed E-state index contributed by atoms with van der Waals surface area (Å²) in [7, 11) is 0. The molecule has 120 valence electrons. The second-order valence-corrected chi connectivity index (χ2v) is 7.77. The van der Waals surface area contributed by atoms with Crippen molar-refractivity contribution < 1.29 is 5.11 Å². The van der Waals surface area contributed by atoms with Gasteiger partial charge in [-0.15, -0.1) is 0 Å². The highest BCUT2D eigenvalue weighted by atomic mass is 16.3. The summed E-state index contributed by atoms with van der Waals surface area (Å²) < 4.78 is 0. The molecule has 0 bridgehead atoms. The second-order valence-electron chi connectivity index (χ2n) is 7.77. The zero-order valence-electron chi connectivity index (χ0n) is 14.9. The normalized spacial score (nSPS) is 27.3. The number of rotatable bonds is 4. The van der Waals surface area contributed by atoms with Gasteiger partial charge in [0, 0.05) is 16.6 Å². The summed E-state index contributed by atoms with van der Waals surface area (Å²) in [4.78, 5) is 2.81. The van der Waals surface area contributed by atoms with Crippen molar-refractivity contribution >= 4 is 0 Å². The highest BCUT2D eigenvalue weighted by Gasteiger charge is 2.52. The third kappa shape index (κ3) is 3.06. The van der Waals surface area contributed by atoms with E-state index in [1.165, 1.54) is 12.8 Å². The van der Waals surface area contributed by atoms with Gasteiger partial charge in [0.05, 0.1) is 6.10 Å². The summed E-state index contributed by atoms with van der Waals surface area (Å²) >= 11 is 0. The number of aliphatic hydroxyl groups excluding tert-OH is 1. The molecule has 0 spiro atoms. The molecule has 1 atom stereocenters. The molecule has 0 aromatic heterocycles. The Labute approximate surface area is 126 Å². The van der Waals surface area contributed by atoms with E-state index < -0.39 is 0 Å². The molecule has 0 radical (unpaired) electrons. The minimum absolute atomic E-state index is 0.139. The van der Waals surface area contributed by atoms with Crippen molar-refractivity contribution in [1.82, 2.24) is 4.90 Å². The minimum atomic E-state index is -0.139. The van der Waals surface area contributed by atoms with E-state index in [2.05, 4.69) is 53.4 Å². The van der Waals surface area contributed by atoms with Crippen LogP contribution >= 0.6 is 0 Å². The van der Waals surface area contributed by atoms with Gasteiger partial charge in [-0.3, -0.25) is 4.90 Å². The molecule has 2 heteroatoms. The van der Waals surface area contributed by atoms with Crippen LogP contribution in [0.2, 0.25) is 0 Å². The molecular formula is C18H37NO. The number of nitrogens with zero attached hydrogens (tertiary/aromatic N) is 1. The summed E-state index contributed by atoms with van der Waals surface area (Å²) in [6.07, 6.45) is 7.47. The first-order valence-corrected chi connectivity index (χ1v) is 8.70. The lowest BCUT2D eigenvalue weighted by molar-refractivity contribution is -0.0987. The minimum Gasteiger partial charge on any atom is -0.393 e. The Morgan fingerprint density at radius 2 is 1.40 bits per heavy atom. The van der Waals surface area contributed by atoms with E-state index in [4.69, 9.17) is 0 Å². The Bertz CT molecular complexity index is 297. The van der Waals surface area contributed by atoms with Crippen LogP contribution in [0.15, 0.2) is 0 Å². The molecule has 1 fully saturated rings. The van der Waals surface area contributed by atoms with E-state index in [9.17, 15) is 5.11 Å². The molecule has 1 heterocycles. The lowest BCUT2D eigenvalue weighted by Gasteiger charge is -2.59. The monoisotopic (exact) mass is 283 g/mol. The molecule has 20 heavy (non-hydrogen) atoms. The fraction of sp³-hybridized carbons (Fsp3) is 1.00. The third-order valence-corrected chi connectivity index (χ3v) is 5.81. The molecule has 0 amide bonds. The van der Waals surface area contributed by atoms with Crippen molar-refractivity contribution in [3.05, 3.63) is 0 Å². The van der Waals surface area contributed by atoms with Gasteiger partial charge in [0.1, 0.15) is 0 Å². The zero-order valence-corrected chi connectivity index (χ0v) is 14.9. The van der Waals surface area contributed by atoms with Crippen LogP contribution in [-0.4, -0.2) is 32.7 Å². The van der Waals surface area contributed by atoms with Gasteiger partial charge in [-0.25, -0.2) is 0 Å². The molecule has 2 nitrogen and oxygen atoms in total. The molecule has 1 unspecified atom stereocenters. The van der Waals surface area contributed by atoms with Crippen molar-refractivity contribution in [3.63, 3.8) is 0 Å². The summed E-state index contributed by atoms with van der Waals surface area (Å²) in [5.74, 6) is 0. The maximum absolute atomic E-state index is 10.5. The Morgan fingerprint density at radius 3 is 1.75 bits per heavy atom. The van der Waals surface area contributed by atoms with E-state index in [0.29, 0.717) is 0 Å². The summed E-state index contributed by atoms with van der Waals surface area (Å²) in [6, 6.07) is 0. The Balaban J connectivity index is 3.44. The van der Waals surface area contributed by atoms with E-state index in [0.717, 1.165) is 32.1 Å². The lowest BCUT2D eigenvalue weighted by atomic mass is 9.76. The van der Waals surface area contributed by atoms with E-state index >= 15 is 0 Å². The maximum Gasteiger partial charge on any atom is 0.0558 e. The Kier molecular flexibility index (Phi) is 5.71. The van der Waals surface area contributed by atoms with Crippen LogP contribution < -0.4 is 0 Å². The number of hydrogen-bond acceptors (Lipinski definition) is 2. The average Bonchev–Trinajstić information content (AvgIpc) is 2.53. The SMILES string of the molecule is CCC1(CC)CCC(O)CC(CC)(CC)N1C(C)(C)C. The summed E-state index contributed by atoms with van der Waals surface area (Å²) in [5.41, 5.74) is 0.518. The van der Waals surface area contributed by atoms with Gasteiger partial charge in [-0.2, -0.15) is 0 Å². The van der Waals surface area contributed by atoms with Crippen molar-refractivity contribution in [2.24, 2.45) is 0 Å². The highest BCUT2D eigenvalue weighted by Crippen LogP contribution is 2.48. The topological polar surface area (TPSA) is 23.5 Å². The fourth-order valence-electron chi connectivity index (χ4n) is 4.88. The van der Waals surface area contributed by atoms with Gasteiger partial charge in [-0.1, -0.05) is 27.7 Å². The number of likely N-dealkylation sites (tertiary alicyclic amines) is 1. The van der Waals surface area contributed by atoms with Crippen molar-refractivity contribution in [1.29, 1.82) is 0 Å². The predicted octanol–water partition coefficient (Wildman–Crippen LogP) is 4.75. The standard InChI is InChI=1S/C18H37NO/c1-8-17(9-2)13-12-15(20)14-18(10-3,11-4)19(17)16(5,6)7/h15,20H,8-14H2,1-7H3. The van der Waals surface area contributed by atoms with Gasteiger partial charge in [-0.05, 0) is 65.7 Å². The van der Waals surface area contributed by atoms with Gasteiger partial charge >= 0.3 is 0 Å². The molecule has 1 aliphatic heterocycles. The molecule has 1 N–H and O–H groups in total. The van der Waals surface area contributed by atoms with Crippen molar-refractivity contribution in [3.8, 4) is 0 Å². The van der Waals surface area contributed by atoms with Crippen molar-refractivity contribution in [2.75, 3.05) is 0 Å². The Morgan fingerprint density at radius 1 is 0.950 bits per heavy atom. The molecule has 0 aromatic carbocycles. The summed E-state index contributed by atoms with van der Waals surface area (Å²) in [6.45, 7) is 16.3. The zero-order chi connectivity index (χ0) is 15.6. The molecule has 0 aliphatic carbocycles. The van der Waals surface area contributed by atoms with Gasteiger partial charge in [0.25, 0.3) is 0 Å². The second kappa shape index (κ2) is 6.36. The molecule has 0 aromatic rings. The lowest BCUT2D eigenvalue weighted by Crippen LogP contribution is -2.66. The molecular weight excluding hydrogens is 246 g/mol. The van der Waals surface area contributed by atoms with Crippen LogP contribution in [0.4, 0.5) is 0 Å². The van der Waals surface area contributed by atoms with Crippen LogP contribution in [0, 0.1) is 0 Å². The van der Waals surface area contributed by atoms with Gasteiger partial charge in [0.2, 0.25) is 0 Å². The van der Waals surface area contributed by atoms with E-state index in [-0.39, 0.29) is 22.7 Å². The first-order chi connectivity index (χ1) is 9.21. The van der Waals surface area contributed by atoms with Crippen LogP contribution in [-0.2, 0) is 0 Å². The average molecular weight is 283 g/mol. The predicted molar refractivity (Wildman–Crippen MR) is 88.1 cm³/mol. The van der Waals surface area contributed by atoms with Gasteiger partial charge < -0.3 is 5.11 Å². The van der Waals surface area contributed by atoms with Crippen LogP contribution in [0.3, 0.4) is 0 Å². The van der Waals surface area contributed by atoms with Gasteiger partial charge in [0.15, 0.2) is 0 Å². The van der Waals surface area contributed by atoms with Crippen LogP contribution in [0.5, 0.6) is 0 Å². The smallest absolute Gasteiger partial charge is 0.0558 e. The quantitative estimate of drug-likeness (QED) is 0.805. The summed E-state index contributed by atoms with van der Waals surface area (Å²) in [5, 5.41) is 10.5.